The molecule has 1 aromatic heterocycles. The Morgan fingerprint density at radius 2 is 1.77 bits per heavy atom. The van der Waals surface area contributed by atoms with Gasteiger partial charge in [0, 0.05) is 37.6 Å². The monoisotopic (exact) mass is 437 g/mol. The molecule has 0 aliphatic carbocycles. The molecule has 11 heteroatoms. The largest absolute Gasteiger partial charge is 0.325 e. The molecule has 0 atom stereocenters. The molecule has 2 heterocycles. The van der Waals surface area contributed by atoms with Gasteiger partial charge in [0.05, 0.1) is 10.3 Å². The number of benzene rings is 1. The van der Waals surface area contributed by atoms with Crippen molar-refractivity contribution < 1.29 is 16.8 Å². The molecule has 0 unspecified atom stereocenters. The number of piperidine rings is 1. The number of rotatable bonds is 4. The van der Waals surface area contributed by atoms with Gasteiger partial charge in [-0.1, -0.05) is 23.2 Å². The van der Waals surface area contributed by atoms with Crippen molar-refractivity contribution in [2.24, 2.45) is 7.05 Å². The Labute approximate surface area is 162 Å². The van der Waals surface area contributed by atoms with Crippen molar-refractivity contribution in [3.8, 4) is 0 Å². The van der Waals surface area contributed by atoms with Gasteiger partial charge in [-0.15, -0.1) is 0 Å². The van der Waals surface area contributed by atoms with E-state index in [2.05, 4.69) is 4.98 Å². The zero-order chi connectivity index (χ0) is 19.1. The molecular formula is C15H17Cl2N3O4S2. The minimum Gasteiger partial charge on any atom is -0.325 e. The Kier molecular flexibility index (Phi) is 5.38. The van der Waals surface area contributed by atoms with Crippen molar-refractivity contribution in [1.82, 2.24) is 13.9 Å². The van der Waals surface area contributed by atoms with Gasteiger partial charge >= 0.3 is 0 Å². The van der Waals surface area contributed by atoms with Crippen molar-refractivity contribution in [2.45, 2.75) is 28.1 Å². The van der Waals surface area contributed by atoms with Crippen molar-refractivity contribution in [3.63, 3.8) is 0 Å². The van der Waals surface area contributed by atoms with E-state index in [9.17, 15) is 16.8 Å². The lowest BCUT2D eigenvalue weighted by molar-refractivity contribution is 0.345. The van der Waals surface area contributed by atoms with Crippen LogP contribution in [-0.2, 0) is 26.9 Å². The Hall–Kier alpha value is -1.13. The first kappa shape index (κ1) is 19.6. The van der Waals surface area contributed by atoms with Gasteiger partial charge in [-0.3, -0.25) is 0 Å². The van der Waals surface area contributed by atoms with Crippen LogP contribution in [0.3, 0.4) is 0 Å². The number of sulfone groups is 1. The highest BCUT2D eigenvalue weighted by Gasteiger charge is 2.37. The van der Waals surface area contributed by atoms with Gasteiger partial charge in [-0.05, 0) is 31.0 Å². The van der Waals surface area contributed by atoms with Gasteiger partial charge in [0.25, 0.3) is 0 Å². The van der Waals surface area contributed by atoms with E-state index < -0.39 is 25.1 Å². The van der Waals surface area contributed by atoms with E-state index in [1.807, 2.05) is 0 Å². The van der Waals surface area contributed by atoms with Crippen LogP contribution in [0.25, 0.3) is 0 Å². The molecule has 0 amide bonds. The van der Waals surface area contributed by atoms with Gasteiger partial charge in [0.15, 0.2) is 0 Å². The first-order valence-corrected chi connectivity index (χ1v) is 11.5. The third kappa shape index (κ3) is 3.50. The second-order valence-electron chi connectivity index (χ2n) is 6.04. The molecule has 1 aromatic carbocycles. The number of hydrogen-bond donors (Lipinski definition) is 0. The van der Waals surface area contributed by atoms with Gasteiger partial charge in [-0.2, -0.15) is 4.31 Å². The average molecular weight is 438 g/mol. The minimum absolute atomic E-state index is 0.00306. The second kappa shape index (κ2) is 7.12. The molecule has 26 heavy (non-hydrogen) atoms. The molecule has 142 valence electrons. The van der Waals surface area contributed by atoms with Crippen molar-refractivity contribution >= 4 is 43.1 Å². The number of aromatic nitrogens is 2. The van der Waals surface area contributed by atoms with Gasteiger partial charge in [-0.25, -0.2) is 21.8 Å². The predicted molar refractivity (Wildman–Crippen MR) is 98.6 cm³/mol. The van der Waals surface area contributed by atoms with Crippen LogP contribution < -0.4 is 0 Å². The quantitative estimate of drug-likeness (QED) is 0.731. The molecule has 0 spiro atoms. The summed E-state index contributed by atoms with van der Waals surface area (Å²) in [5, 5.41) is -0.334. The number of aryl methyl sites for hydroxylation is 1. The smallest absolute Gasteiger partial charge is 0.244 e. The van der Waals surface area contributed by atoms with Crippen LogP contribution in [0.4, 0.5) is 0 Å². The van der Waals surface area contributed by atoms with E-state index in [-0.39, 0.29) is 46.0 Å². The summed E-state index contributed by atoms with van der Waals surface area (Å²) >= 11 is 11.9. The first-order chi connectivity index (χ1) is 12.1. The standard InChI is InChI=1S/C15H17Cl2N3O4S2/c1-19-9-6-18-15(19)25(21,22)12-4-7-20(8-5-12)26(23,24)14-10-11(16)2-3-13(14)17/h2-3,6,9-10,12H,4-5,7-8H2,1H3. The Bertz CT molecular complexity index is 1030. The Morgan fingerprint density at radius 1 is 1.12 bits per heavy atom. The average Bonchev–Trinajstić information content (AvgIpc) is 3.04. The van der Waals surface area contributed by atoms with E-state index in [0.29, 0.717) is 0 Å². The Balaban J connectivity index is 1.80. The number of sulfonamides is 1. The summed E-state index contributed by atoms with van der Waals surface area (Å²) < 4.78 is 53.7. The van der Waals surface area contributed by atoms with Crippen LogP contribution in [0.15, 0.2) is 40.6 Å². The van der Waals surface area contributed by atoms with Crippen molar-refractivity contribution in [1.29, 1.82) is 0 Å². The summed E-state index contributed by atoms with van der Waals surface area (Å²) in [6, 6.07) is 4.24. The summed E-state index contributed by atoms with van der Waals surface area (Å²) in [7, 11) is -5.85. The summed E-state index contributed by atoms with van der Waals surface area (Å²) in [6.07, 6.45) is 3.36. The predicted octanol–water partition coefficient (Wildman–Crippen LogP) is 2.35. The van der Waals surface area contributed by atoms with Crippen LogP contribution in [0, 0.1) is 0 Å². The van der Waals surface area contributed by atoms with E-state index in [1.165, 1.54) is 33.3 Å². The summed E-state index contributed by atoms with van der Waals surface area (Å²) in [5.41, 5.74) is 0. The van der Waals surface area contributed by atoms with Crippen molar-refractivity contribution in [3.05, 3.63) is 40.6 Å². The Morgan fingerprint density at radius 3 is 2.35 bits per heavy atom. The molecule has 0 N–H and O–H groups in total. The van der Waals surface area contributed by atoms with E-state index in [1.54, 1.807) is 13.2 Å². The van der Waals surface area contributed by atoms with E-state index >= 15 is 0 Å². The van der Waals surface area contributed by atoms with Crippen LogP contribution in [0.2, 0.25) is 10.0 Å². The van der Waals surface area contributed by atoms with Gasteiger partial charge in [0.2, 0.25) is 25.0 Å². The summed E-state index contributed by atoms with van der Waals surface area (Å²) in [6.45, 7) is 0.166. The fourth-order valence-electron chi connectivity index (χ4n) is 2.97. The molecule has 0 saturated carbocycles. The third-order valence-corrected chi connectivity index (χ3v) is 9.25. The highest BCUT2D eigenvalue weighted by atomic mass is 35.5. The zero-order valence-electron chi connectivity index (χ0n) is 13.8. The number of imidazole rings is 1. The maximum absolute atomic E-state index is 12.8. The molecular weight excluding hydrogens is 421 g/mol. The molecule has 2 aromatic rings. The lowest BCUT2D eigenvalue weighted by Gasteiger charge is -2.31. The summed E-state index contributed by atoms with van der Waals surface area (Å²) in [5.74, 6) is 0. The molecule has 3 rings (SSSR count). The summed E-state index contributed by atoms with van der Waals surface area (Å²) in [4.78, 5) is 3.84. The van der Waals surface area contributed by atoms with Crippen LogP contribution in [-0.4, -0.2) is 49.0 Å². The van der Waals surface area contributed by atoms with Crippen molar-refractivity contribution in [2.75, 3.05) is 13.1 Å². The maximum Gasteiger partial charge on any atom is 0.244 e. The zero-order valence-corrected chi connectivity index (χ0v) is 17.0. The molecule has 1 saturated heterocycles. The molecule has 0 bridgehead atoms. The second-order valence-corrected chi connectivity index (χ2v) is 10.9. The minimum atomic E-state index is -3.84. The van der Waals surface area contributed by atoms with E-state index in [0.717, 1.165) is 0 Å². The fourth-order valence-corrected chi connectivity index (χ4v) is 6.98. The fraction of sp³-hybridized carbons (Fsp3) is 0.400. The lowest BCUT2D eigenvalue weighted by atomic mass is 10.2. The third-order valence-electron chi connectivity index (χ3n) is 4.38. The van der Waals surface area contributed by atoms with Crippen LogP contribution >= 0.6 is 23.2 Å². The number of halogens is 2. The molecule has 1 aliphatic heterocycles. The van der Waals surface area contributed by atoms with Crippen LogP contribution in [0.1, 0.15) is 12.8 Å². The molecule has 1 aliphatic rings. The van der Waals surface area contributed by atoms with Crippen LogP contribution in [0.5, 0.6) is 0 Å². The SMILES string of the molecule is Cn1ccnc1S(=O)(=O)C1CCN(S(=O)(=O)c2cc(Cl)ccc2Cl)CC1. The van der Waals surface area contributed by atoms with Gasteiger partial charge < -0.3 is 4.57 Å². The highest BCUT2D eigenvalue weighted by Crippen LogP contribution is 2.31. The van der Waals surface area contributed by atoms with E-state index in [4.69, 9.17) is 23.2 Å². The number of nitrogens with zero attached hydrogens (tertiary/aromatic N) is 3. The maximum atomic E-state index is 12.8. The lowest BCUT2D eigenvalue weighted by Crippen LogP contribution is -2.42. The normalized spacial score (nSPS) is 17.5. The molecule has 1 fully saturated rings. The first-order valence-electron chi connectivity index (χ1n) is 7.80. The molecule has 0 radical (unpaired) electrons. The number of hydrogen-bond acceptors (Lipinski definition) is 5. The molecule has 7 nitrogen and oxygen atoms in total. The van der Waals surface area contributed by atoms with Gasteiger partial charge in [0.1, 0.15) is 4.90 Å². The topological polar surface area (TPSA) is 89.3 Å². The highest BCUT2D eigenvalue weighted by molar-refractivity contribution is 7.92.